The van der Waals surface area contributed by atoms with Crippen molar-refractivity contribution in [3.05, 3.63) is 108 Å². The van der Waals surface area contributed by atoms with Gasteiger partial charge in [-0.05, 0) is 85.4 Å². The van der Waals surface area contributed by atoms with Crippen molar-refractivity contribution in [2.24, 2.45) is 0 Å². The van der Waals surface area contributed by atoms with Gasteiger partial charge in [0.05, 0.1) is 11.7 Å². The molecule has 3 heterocycles. The second-order valence-electron chi connectivity index (χ2n) is 8.67. The summed E-state index contributed by atoms with van der Waals surface area (Å²) < 4.78 is 7.11. The van der Waals surface area contributed by atoms with E-state index in [9.17, 15) is 4.79 Å². The molecule has 7 nitrogen and oxygen atoms in total. The summed E-state index contributed by atoms with van der Waals surface area (Å²) in [6.45, 7) is 2.10. The number of hydrogen-bond acceptors (Lipinski definition) is 4. The Labute approximate surface area is 215 Å². The highest BCUT2D eigenvalue weighted by Gasteiger charge is 2.42. The molecule has 4 aromatic rings. The first kappa shape index (κ1) is 23.7. The molecule has 2 N–H and O–H groups in total. The number of rotatable bonds is 7. The summed E-state index contributed by atoms with van der Waals surface area (Å²) in [6, 6.07) is 25.9. The molecular weight excluding hydrogens is 470 g/mol. The number of carbonyl (C=O) groups excluding carboxylic acids is 1. The molecule has 1 amide bonds. The van der Waals surface area contributed by atoms with Crippen LogP contribution < -0.4 is 15.5 Å². The Balaban J connectivity index is 1.56. The van der Waals surface area contributed by atoms with Gasteiger partial charge in [0.2, 0.25) is 5.91 Å². The number of aryl methyl sites for hydroxylation is 1. The van der Waals surface area contributed by atoms with Gasteiger partial charge in [-0.25, -0.2) is 0 Å². The first-order valence-electron chi connectivity index (χ1n) is 11.7. The average Bonchev–Trinajstić information content (AvgIpc) is 3.49. The van der Waals surface area contributed by atoms with Crippen molar-refractivity contribution in [3.63, 3.8) is 0 Å². The topological polar surface area (TPSA) is 71.4 Å². The van der Waals surface area contributed by atoms with Crippen molar-refractivity contribution in [3.8, 4) is 5.69 Å². The van der Waals surface area contributed by atoms with Gasteiger partial charge in [0.1, 0.15) is 12.6 Å². The van der Waals surface area contributed by atoms with E-state index in [4.69, 9.17) is 17.0 Å². The van der Waals surface area contributed by atoms with Crippen LogP contribution in [-0.4, -0.2) is 34.3 Å². The molecule has 1 aliphatic heterocycles. The summed E-state index contributed by atoms with van der Waals surface area (Å²) in [5.74, 6) is -0.201. The number of hydrogen-bond donors (Lipinski definition) is 2. The third kappa shape index (κ3) is 4.73. The molecule has 1 fully saturated rings. The maximum atomic E-state index is 11.9. The van der Waals surface area contributed by atoms with Crippen LogP contribution in [0.4, 0.5) is 11.4 Å². The lowest BCUT2D eigenvalue weighted by Gasteiger charge is -2.29. The highest BCUT2D eigenvalue weighted by molar-refractivity contribution is 7.80. The summed E-state index contributed by atoms with van der Waals surface area (Å²) in [7, 11) is 1.49. The zero-order valence-corrected chi connectivity index (χ0v) is 20.9. The van der Waals surface area contributed by atoms with Crippen LogP contribution >= 0.6 is 12.2 Å². The van der Waals surface area contributed by atoms with Gasteiger partial charge in [0.15, 0.2) is 5.11 Å². The summed E-state index contributed by atoms with van der Waals surface area (Å²) >= 11 is 5.86. The van der Waals surface area contributed by atoms with Crippen LogP contribution in [0.1, 0.15) is 29.0 Å². The lowest BCUT2D eigenvalue weighted by molar-refractivity contribution is -0.119. The van der Waals surface area contributed by atoms with Crippen LogP contribution in [0.2, 0.25) is 0 Å². The number of methoxy groups -OCH3 is 1. The molecule has 0 radical (unpaired) electrons. The molecular formula is C28H27N5O2S. The number of carbonyl (C=O) groups is 1. The Morgan fingerprint density at radius 1 is 1.06 bits per heavy atom. The first-order valence-corrected chi connectivity index (χ1v) is 12.1. The van der Waals surface area contributed by atoms with Crippen LogP contribution in [0.5, 0.6) is 0 Å². The van der Waals surface area contributed by atoms with E-state index in [1.54, 1.807) is 6.20 Å². The van der Waals surface area contributed by atoms with Gasteiger partial charge in [0, 0.05) is 42.3 Å². The van der Waals surface area contributed by atoms with Crippen molar-refractivity contribution in [1.29, 1.82) is 0 Å². The lowest BCUT2D eigenvalue weighted by atomic mass is 10.0. The Morgan fingerprint density at radius 2 is 1.89 bits per heavy atom. The highest BCUT2D eigenvalue weighted by atomic mass is 32.1. The van der Waals surface area contributed by atoms with Gasteiger partial charge >= 0.3 is 0 Å². The van der Waals surface area contributed by atoms with Crippen molar-refractivity contribution in [2.45, 2.75) is 19.0 Å². The average molecular weight is 498 g/mol. The smallest absolute Gasteiger partial charge is 0.250 e. The van der Waals surface area contributed by atoms with E-state index in [1.165, 1.54) is 12.7 Å². The van der Waals surface area contributed by atoms with Crippen molar-refractivity contribution < 1.29 is 9.53 Å². The van der Waals surface area contributed by atoms with Gasteiger partial charge in [-0.2, -0.15) is 0 Å². The zero-order chi connectivity index (χ0) is 25.1. The van der Waals surface area contributed by atoms with E-state index in [2.05, 4.69) is 74.6 Å². The maximum Gasteiger partial charge on any atom is 0.250 e. The standard InChI is InChI=1S/C28H27N5O2S/c1-19-7-5-8-22(17-19)32-16-6-10-24(32)27-26(23-9-3-4-15-29-23)31-28(36)33(27)21-13-11-20(12-14-21)30-25(34)18-35-2/h3-17,26-27H,18H2,1-2H3,(H,30,34)(H,31,36). The minimum absolute atomic E-state index is 0.00562. The molecule has 5 rings (SSSR count). The quantitative estimate of drug-likeness (QED) is 0.353. The molecule has 36 heavy (non-hydrogen) atoms. The third-order valence-electron chi connectivity index (χ3n) is 6.17. The van der Waals surface area contributed by atoms with Gasteiger partial charge in [-0.1, -0.05) is 18.2 Å². The SMILES string of the molecule is COCC(=O)Nc1ccc(N2C(=S)NC(c3ccccn3)C2c2cccn2-c2cccc(C)c2)cc1. The Morgan fingerprint density at radius 3 is 2.61 bits per heavy atom. The number of nitrogens with one attached hydrogen (secondary N) is 2. The fraction of sp³-hybridized carbons (Fsp3) is 0.179. The second kappa shape index (κ2) is 10.3. The molecule has 2 atom stereocenters. The number of anilines is 2. The van der Waals surface area contributed by atoms with Crippen molar-refractivity contribution in [2.75, 3.05) is 23.9 Å². The maximum absolute atomic E-state index is 11.9. The third-order valence-corrected chi connectivity index (χ3v) is 6.48. The summed E-state index contributed by atoms with van der Waals surface area (Å²) in [4.78, 5) is 18.7. The monoisotopic (exact) mass is 497 g/mol. The van der Waals surface area contributed by atoms with E-state index in [0.29, 0.717) is 10.8 Å². The fourth-order valence-electron chi connectivity index (χ4n) is 4.62. The summed E-state index contributed by atoms with van der Waals surface area (Å²) in [5, 5.41) is 6.96. The second-order valence-corrected chi connectivity index (χ2v) is 9.05. The van der Waals surface area contributed by atoms with Crippen LogP contribution in [0.25, 0.3) is 5.69 Å². The van der Waals surface area contributed by atoms with Gasteiger partial charge in [0.25, 0.3) is 0 Å². The molecule has 2 unspecified atom stereocenters. The molecule has 8 heteroatoms. The van der Waals surface area contributed by atoms with Gasteiger partial charge in [-0.15, -0.1) is 0 Å². The van der Waals surface area contributed by atoms with Crippen LogP contribution in [0.3, 0.4) is 0 Å². The van der Waals surface area contributed by atoms with Crippen LogP contribution in [0.15, 0.2) is 91.3 Å². The van der Waals surface area contributed by atoms with Crippen molar-refractivity contribution >= 4 is 34.6 Å². The van der Waals surface area contributed by atoms with E-state index in [-0.39, 0.29) is 24.6 Å². The number of nitrogens with zero attached hydrogens (tertiary/aromatic N) is 3. The molecule has 0 bridgehead atoms. The normalized spacial score (nSPS) is 17.2. The number of thiocarbonyl (C=S) groups is 1. The summed E-state index contributed by atoms with van der Waals surface area (Å²) in [5.41, 5.74) is 5.88. The number of pyridine rings is 1. The molecule has 1 aliphatic rings. The van der Waals surface area contributed by atoms with Crippen LogP contribution in [0, 0.1) is 6.92 Å². The number of amides is 1. The largest absolute Gasteiger partial charge is 0.375 e. The summed E-state index contributed by atoms with van der Waals surface area (Å²) in [6.07, 6.45) is 3.88. The van der Waals surface area contributed by atoms with Crippen LogP contribution in [-0.2, 0) is 9.53 Å². The number of aromatic nitrogens is 2. The Kier molecular flexibility index (Phi) is 6.79. The first-order chi connectivity index (χ1) is 17.5. The number of benzene rings is 2. The predicted octanol–water partition coefficient (Wildman–Crippen LogP) is 4.94. The van der Waals surface area contributed by atoms with E-state index >= 15 is 0 Å². The minimum atomic E-state index is -0.201. The molecule has 2 aromatic heterocycles. The van der Waals surface area contributed by atoms with E-state index in [0.717, 1.165) is 22.8 Å². The fourth-order valence-corrected chi connectivity index (χ4v) is 4.96. The molecule has 0 saturated carbocycles. The number of ether oxygens (including phenoxy) is 1. The van der Waals surface area contributed by atoms with Gasteiger partial charge < -0.3 is 24.8 Å². The van der Waals surface area contributed by atoms with E-state index < -0.39 is 0 Å². The Hall–Kier alpha value is -4.01. The lowest BCUT2D eigenvalue weighted by Crippen LogP contribution is -2.30. The minimum Gasteiger partial charge on any atom is -0.375 e. The predicted molar refractivity (Wildman–Crippen MR) is 145 cm³/mol. The molecule has 0 aliphatic carbocycles. The molecule has 1 saturated heterocycles. The molecule has 182 valence electrons. The van der Waals surface area contributed by atoms with Gasteiger partial charge in [-0.3, -0.25) is 9.78 Å². The highest BCUT2D eigenvalue weighted by Crippen LogP contribution is 2.42. The molecule has 2 aromatic carbocycles. The Bertz CT molecular complexity index is 1370. The van der Waals surface area contributed by atoms with Crippen molar-refractivity contribution in [1.82, 2.24) is 14.9 Å². The van der Waals surface area contributed by atoms with E-state index in [1.807, 2.05) is 42.5 Å². The zero-order valence-electron chi connectivity index (χ0n) is 20.1. The molecule has 0 spiro atoms.